The number of nitrogens with zero attached hydrogens (tertiary/aromatic N) is 2. The van der Waals surface area contributed by atoms with E-state index in [-0.39, 0.29) is 12.7 Å². The van der Waals surface area contributed by atoms with Crippen LogP contribution in [0.25, 0.3) is 11.0 Å². The second-order valence-electron chi connectivity index (χ2n) is 5.36. The highest BCUT2D eigenvalue weighted by atomic mass is 16.5. The van der Waals surface area contributed by atoms with Gasteiger partial charge in [0.15, 0.2) is 0 Å². The quantitative estimate of drug-likeness (QED) is 0.787. The molecule has 0 bridgehead atoms. The van der Waals surface area contributed by atoms with Gasteiger partial charge in [-0.3, -0.25) is 0 Å². The Hall–Kier alpha value is -1.55. The summed E-state index contributed by atoms with van der Waals surface area (Å²) in [4.78, 5) is 4.51. The summed E-state index contributed by atoms with van der Waals surface area (Å²) < 4.78 is 7.81. The SMILES string of the molecule is CCCCCn1c(CO)nc2cc(OC(C)C)ccc21. The Morgan fingerprint density at radius 2 is 2.10 bits per heavy atom. The summed E-state index contributed by atoms with van der Waals surface area (Å²) in [5, 5.41) is 9.48. The van der Waals surface area contributed by atoms with E-state index in [4.69, 9.17) is 4.74 Å². The summed E-state index contributed by atoms with van der Waals surface area (Å²) in [6.45, 7) is 7.08. The summed E-state index contributed by atoms with van der Waals surface area (Å²) in [7, 11) is 0. The Balaban J connectivity index is 2.31. The van der Waals surface area contributed by atoms with Crippen molar-refractivity contribution in [2.24, 2.45) is 0 Å². The zero-order chi connectivity index (χ0) is 14.5. The summed E-state index contributed by atoms with van der Waals surface area (Å²) in [5.41, 5.74) is 1.96. The van der Waals surface area contributed by atoms with Gasteiger partial charge in [0.2, 0.25) is 0 Å². The van der Waals surface area contributed by atoms with Crippen molar-refractivity contribution >= 4 is 11.0 Å². The molecule has 1 N–H and O–H groups in total. The van der Waals surface area contributed by atoms with Gasteiger partial charge in [-0.25, -0.2) is 4.98 Å². The summed E-state index contributed by atoms with van der Waals surface area (Å²) >= 11 is 0. The Labute approximate surface area is 120 Å². The van der Waals surface area contributed by atoms with Gasteiger partial charge in [-0.1, -0.05) is 19.8 Å². The van der Waals surface area contributed by atoms with Crippen molar-refractivity contribution in [2.75, 3.05) is 0 Å². The first kappa shape index (κ1) is 14.9. The Morgan fingerprint density at radius 3 is 2.75 bits per heavy atom. The van der Waals surface area contributed by atoms with Crippen molar-refractivity contribution in [3.8, 4) is 5.75 Å². The van der Waals surface area contributed by atoms with E-state index < -0.39 is 0 Å². The lowest BCUT2D eigenvalue weighted by molar-refractivity contribution is 0.242. The maximum atomic E-state index is 9.48. The van der Waals surface area contributed by atoms with E-state index in [0.717, 1.165) is 35.6 Å². The van der Waals surface area contributed by atoms with E-state index in [1.54, 1.807) is 0 Å². The predicted molar refractivity (Wildman–Crippen MR) is 80.9 cm³/mol. The number of aliphatic hydroxyl groups is 1. The highest BCUT2D eigenvalue weighted by Crippen LogP contribution is 2.23. The maximum Gasteiger partial charge on any atom is 0.135 e. The van der Waals surface area contributed by atoms with Crippen LogP contribution < -0.4 is 4.74 Å². The van der Waals surface area contributed by atoms with E-state index in [1.807, 2.05) is 32.0 Å². The Kier molecular flexibility index (Phi) is 5.01. The highest BCUT2D eigenvalue weighted by molar-refractivity contribution is 5.77. The molecule has 0 aliphatic heterocycles. The van der Waals surface area contributed by atoms with Crippen LogP contribution in [0.1, 0.15) is 45.9 Å². The van der Waals surface area contributed by atoms with Crippen LogP contribution >= 0.6 is 0 Å². The molecule has 1 aromatic carbocycles. The molecule has 20 heavy (non-hydrogen) atoms. The summed E-state index contributed by atoms with van der Waals surface area (Å²) in [6.07, 6.45) is 3.64. The molecule has 4 nitrogen and oxygen atoms in total. The zero-order valence-electron chi connectivity index (χ0n) is 12.6. The van der Waals surface area contributed by atoms with E-state index in [2.05, 4.69) is 16.5 Å². The van der Waals surface area contributed by atoms with Gasteiger partial charge < -0.3 is 14.4 Å². The molecular weight excluding hydrogens is 252 g/mol. The molecule has 0 unspecified atom stereocenters. The van der Waals surface area contributed by atoms with Crippen LogP contribution in [0.3, 0.4) is 0 Å². The molecule has 0 spiro atoms. The first-order valence-electron chi connectivity index (χ1n) is 7.42. The molecule has 0 saturated carbocycles. The Morgan fingerprint density at radius 1 is 1.30 bits per heavy atom. The first-order chi connectivity index (χ1) is 9.65. The topological polar surface area (TPSA) is 47.3 Å². The van der Waals surface area contributed by atoms with Gasteiger partial charge in [-0.15, -0.1) is 0 Å². The van der Waals surface area contributed by atoms with Gasteiger partial charge in [0.05, 0.1) is 17.1 Å². The minimum absolute atomic E-state index is 0.0266. The number of ether oxygens (including phenoxy) is 1. The number of fused-ring (bicyclic) bond motifs is 1. The molecule has 0 saturated heterocycles. The second-order valence-corrected chi connectivity index (χ2v) is 5.36. The number of aromatic nitrogens is 2. The number of hydrogen-bond acceptors (Lipinski definition) is 3. The lowest BCUT2D eigenvalue weighted by Crippen LogP contribution is -2.05. The van der Waals surface area contributed by atoms with E-state index >= 15 is 0 Å². The third kappa shape index (κ3) is 3.31. The number of imidazole rings is 1. The molecule has 110 valence electrons. The van der Waals surface area contributed by atoms with Gasteiger partial charge in [-0.05, 0) is 32.4 Å². The molecule has 0 radical (unpaired) electrons. The zero-order valence-corrected chi connectivity index (χ0v) is 12.6. The molecule has 2 rings (SSSR count). The number of benzene rings is 1. The maximum absolute atomic E-state index is 9.48. The van der Waals surface area contributed by atoms with Crippen LogP contribution in [0.15, 0.2) is 18.2 Å². The number of rotatable bonds is 7. The summed E-state index contributed by atoms with van der Waals surface area (Å²) in [5.74, 6) is 1.56. The number of hydrogen-bond donors (Lipinski definition) is 1. The van der Waals surface area contributed by atoms with Crippen molar-refractivity contribution in [2.45, 2.75) is 59.3 Å². The Bertz CT molecular complexity index is 561. The molecule has 1 heterocycles. The van der Waals surface area contributed by atoms with Crippen LogP contribution in [-0.4, -0.2) is 20.8 Å². The molecular formula is C16H24N2O2. The van der Waals surface area contributed by atoms with Crippen molar-refractivity contribution in [3.05, 3.63) is 24.0 Å². The lowest BCUT2D eigenvalue weighted by atomic mass is 10.2. The van der Waals surface area contributed by atoms with Crippen LogP contribution in [0, 0.1) is 0 Å². The third-order valence-corrected chi connectivity index (χ3v) is 3.30. The van der Waals surface area contributed by atoms with E-state index in [1.165, 1.54) is 12.8 Å². The van der Waals surface area contributed by atoms with Gasteiger partial charge in [-0.2, -0.15) is 0 Å². The van der Waals surface area contributed by atoms with E-state index in [9.17, 15) is 5.11 Å². The van der Waals surface area contributed by atoms with Gasteiger partial charge in [0.25, 0.3) is 0 Å². The minimum atomic E-state index is -0.0266. The fourth-order valence-electron chi connectivity index (χ4n) is 2.40. The van der Waals surface area contributed by atoms with Crippen molar-refractivity contribution in [1.82, 2.24) is 9.55 Å². The molecule has 0 aliphatic carbocycles. The molecule has 0 amide bonds. The average Bonchev–Trinajstić information content (AvgIpc) is 2.76. The van der Waals surface area contributed by atoms with Crippen molar-refractivity contribution < 1.29 is 9.84 Å². The first-order valence-corrected chi connectivity index (χ1v) is 7.42. The summed E-state index contributed by atoms with van der Waals surface area (Å²) in [6, 6.07) is 5.96. The molecule has 2 aromatic rings. The normalized spacial score (nSPS) is 11.4. The van der Waals surface area contributed by atoms with Gasteiger partial charge >= 0.3 is 0 Å². The van der Waals surface area contributed by atoms with Gasteiger partial charge in [0.1, 0.15) is 18.2 Å². The van der Waals surface area contributed by atoms with Crippen LogP contribution in [0.2, 0.25) is 0 Å². The van der Waals surface area contributed by atoms with Crippen LogP contribution in [-0.2, 0) is 13.2 Å². The van der Waals surface area contributed by atoms with E-state index in [0.29, 0.717) is 0 Å². The second kappa shape index (κ2) is 6.75. The lowest BCUT2D eigenvalue weighted by Gasteiger charge is -2.10. The smallest absolute Gasteiger partial charge is 0.135 e. The number of unbranched alkanes of at least 4 members (excludes halogenated alkanes) is 2. The molecule has 0 aliphatic rings. The largest absolute Gasteiger partial charge is 0.491 e. The minimum Gasteiger partial charge on any atom is -0.491 e. The monoisotopic (exact) mass is 276 g/mol. The molecule has 0 atom stereocenters. The van der Waals surface area contributed by atoms with Crippen molar-refractivity contribution in [1.29, 1.82) is 0 Å². The van der Waals surface area contributed by atoms with Crippen LogP contribution in [0.4, 0.5) is 0 Å². The van der Waals surface area contributed by atoms with Gasteiger partial charge in [0, 0.05) is 12.6 Å². The number of aryl methyl sites for hydroxylation is 1. The molecule has 1 aromatic heterocycles. The highest BCUT2D eigenvalue weighted by Gasteiger charge is 2.11. The third-order valence-electron chi connectivity index (χ3n) is 3.30. The fraction of sp³-hybridized carbons (Fsp3) is 0.562. The predicted octanol–water partition coefficient (Wildman–Crippen LogP) is 3.51. The number of aliphatic hydroxyl groups excluding tert-OH is 1. The van der Waals surface area contributed by atoms with Crippen molar-refractivity contribution in [3.63, 3.8) is 0 Å². The molecule has 4 heteroatoms. The van der Waals surface area contributed by atoms with Crippen LogP contribution in [0.5, 0.6) is 5.75 Å². The standard InChI is InChI=1S/C16H24N2O2/c1-4-5-6-9-18-15-8-7-13(20-12(2)3)10-14(15)17-16(18)11-19/h7-8,10,12,19H,4-6,9,11H2,1-3H3. The fourth-order valence-corrected chi connectivity index (χ4v) is 2.40. The average molecular weight is 276 g/mol. The molecule has 0 fully saturated rings.